The maximum Gasteiger partial charge on any atom is 0.255 e. The summed E-state index contributed by atoms with van der Waals surface area (Å²) in [5, 5.41) is 14.6. The fourth-order valence-corrected chi connectivity index (χ4v) is 9.26. The van der Waals surface area contributed by atoms with Crippen LogP contribution < -0.4 is 19.7 Å². The van der Waals surface area contributed by atoms with E-state index >= 15 is 0 Å². The minimum atomic E-state index is -0.925. The van der Waals surface area contributed by atoms with Crippen LogP contribution in [0.5, 0.6) is 11.6 Å². The highest BCUT2D eigenvalue weighted by atomic mass is 16.5. The molecule has 1 aliphatic carbocycles. The van der Waals surface area contributed by atoms with Crippen molar-refractivity contribution in [1.29, 1.82) is 5.26 Å². The third-order valence-electron chi connectivity index (χ3n) is 12.7. The van der Waals surface area contributed by atoms with Gasteiger partial charge in [-0.1, -0.05) is 12.1 Å². The third-order valence-corrected chi connectivity index (χ3v) is 12.7. The molecule has 14 nitrogen and oxygen atoms in total. The lowest BCUT2D eigenvalue weighted by Crippen LogP contribution is -2.52. The molecule has 4 aromatic heterocycles. The van der Waals surface area contributed by atoms with Crippen molar-refractivity contribution in [2.45, 2.75) is 88.9 Å². The van der Waals surface area contributed by atoms with Gasteiger partial charge in [-0.25, -0.2) is 9.97 Å². The Balaban J connectivity index is 0.703. The molecular formula is C50H46N8O6. The van der Waals surface area contributed by atoms with Crippen molar-refractivity contribution in [2.75, 3.05) is 18.0 Å². The van der Waals surface area contributed by atoms with Gasteiger partial charge in [0.15, 0.2) is 5.60 Å². The van der Waals surface area contributed by atoms with Crippen molar-refractivity contribution in [3.8, 4) is 40.7 Å². The quantitative estimate of drug-likeness (QED) is 0.123. The van der Waals surface area contributed by atoms with Crippen LogP contribution in [-0.4, -0.2) is 85.2 Å². The van der Waals surface area contributed by atoms with E-state index in [0.29, 0.717) is 34.9 Å². The summed E-state index contributed by atoms with van der Waals surface area (Å²) in [5.74, 6) is 6.47. The Morgan fingerprint density at radius 2 is 1.67 bits per heavy atom. The first-order chi connectivity index (χ1) is 31.0. The Bertz CT molecular complexity index is 2950. The van der Waals surface area contributed by atoms with E-state index in [2.05, 4.69) is 79.0 Å². The predicted molar refractivity (Wildman–Crippen MR) is 238 cm³/mol. The van der Waals surface area contributed by atoms with Crippen LogP contribution in [0.4, 0.5) is 5.69 Å². The molecule has 4 aliphatic rings. The molecular weight excluding hydrogens is 809 g/mol. The number of ether oxygens (including phenoxy) is 3. The van der Waals surface area contributed by atoms with Crippen LogP contribution in [0.25, 0.3) is 32.9 Å². The molecule has 2 aromatic carbocycles. The number of nitrogens with one attached hydrogen (secondary N) is 1. The molecule has 6 aromatic rings. The molecule has 3 fully saturated rings. The SMILES string of the molecule is Cn1c2ccncc2c2ccc(-c3ccc(OC4CC(OC5CCN(c6cc(C#CC(C)(C)Oc7ccc8c(c7)CN(C7CCC(=O)NC7=O)C8=O)ncc6C#N)CC5)C4)nc3)cc21. The number of nitriles is 1. The standard InChI is InChI=1S/C50H46N8O6/c1-50(2,64-36-6-8-39-32(20-36)29-58(49(39)61)43-9-10-46(59)55-48(43)60)16-12-34-22-44(33(25-51)27-53-34)57-18-14-35(15-19-57)62-37-23-38(24-37)63-47-11-5-31(26-54-47)30-4-7-40-41-28-52-17-13-42(41)56(3)45(40)21-30/h4-8,11,13,17,20-22,26-28,35,37-38,43H,9-10,14-15,18-19,23-24,29H2,1-3H3,(H,55,59,60). The largest absolute Gasteiger partial charge is 0.475 e. The number of hydrogen-bond donors (Lipinski definition) is 1. The van der Waals surface area contributed by atoms with E-state index in [4.69, 9.17) is 14.2 Å². The number of fused-ring (bicyclic) bond motifs is 4. The summed E-state index contributed by atoms with van der Waals surface area (Å²) in [6.07, 6.45) is 11.3. The molecule has 322 valence electrons. The van der Waals surface area contributed by atoms with Gasteiger partial charge in [-0.2, -0.15) is 5.26 Å². The molecule has 2 saturated heterocycles. The Morgan fingerprint density at radius 1 is 0.844 bits per heavy atom. The van der Waals surface area contributed by atoms with Gasteiger partial charge in [-0.15, -0.1) is 0 Å². The Morgan fingerprint density at radius 3 is 2.45 bits per heavy atom. The van der Waals surface area contributed by atoms with Crippen LogP contribution in [0.3, 0.4) is 0 Å². The number of anilines is 1. The first-order valence-electron chi connectivity index (χ1n) is 21.7. The second-order valence-electron chi connectivity index (χ2n) is 17.5. The number of aryl methyl sites for hydroxylation is 1. The number of rotatable bonds is 9. The topological polar surface area (TPSA) is 165 Å². The molecule has 3 amide bonds. The average Bonchev–Trinajstić information content (AvgIpc) is 3.76. The lowest BCUT2D eigenvalue weighted by atomic mass is 9.91. The molecule has 1 unspecified atom stereocenters. The van der Waals surface area contributed by atoms with Crippen LogP contribution in [0.1, 0.15) is 79.6 Å². The number of piperidine rings is 2. The second kappa shape index (κ2) is 16.4. The van der Waals surface area contributed by atoms with Crippen molar-refractivity contribution in [3.05, 3.63) is 108 Å². The lowest BCUT2D eigenvalue weighted by Gasteiger charge is -2.40. The van der Waals surface area contributed by atoms with Gasteiger partial charge in [0.25, 0.3) is 5.91 Å². The summed E-state index contributed by atoms with van der Waals surface area (Å²) in [4.78, 5) is 54.4. The van der Waals surface area contributed by atoms with E-state index < -0.39 is 17.6 Å². The number of nitrogens with zero attached hydrogens (tertiary/aromatic N) is 7. The van der Waals surface area contributed by atoms with Crippen LogP contribution in [0.15, 0.2) is 85.5 Å². The molecule has 1 atom stereocenters. The van der Waals surface area contributed by atoms with Crippen LogP contribution in [0.2, 0.25) is 0 Å². The fourth-order valence-electron chi connectivity index (χ4n) is 9.26. The lowest BCUT2D eigenvalue weighted by molar-refractivity contribution is -0.136. The zero-order chi connectivity index (χ0) is 44.1. The third kappa shape index (κ3) is 7.97. The number of hydrogen-bond acceptors (Lipinski definition) is 11. The van der Waals surface area contributed by atoms with E-state index in [-0.39, 0.29) is 43.1 Å². The highest BCUT2D eigenvalue weighted by Gasteiger charge is 2.39. The van der Waals surface area contributed by atoms with E-state index in [1.807, 2.05) is 50.6 Å². The number of aromatic nitrogens is 4. The van der Waals surface area contributed by atoms with Crippen LogP contribution in [0, 0.1) is 23.2 Å². The minimum absolute atomic E-state index is 0.0611. The Labute approximate surface area is 370 Å². The summed E-state index contributed by atoms with van der Waals surface area (Å²) >= 11 is 0. The van der Waals surface area contributed by atoms with E-state index in [1.54, 1.807) is 24.4 Å². The summed E-state index contributed by atoms with van der Waals surface area (Å²) in [6.45, 7) is 5.42. The predicted octanol–water partition coefficient (Wildman–Crippen LogP) is 6.62. The first-order valence-corrected chi connectivity index (χ1v) is 21.7. The number of imide groups is 1. The summed E-state index contributed by atoms with van der Waals surface area (Å²) < 4.78 is 21.2. The normalized spacial score (nSPS) is 20.0. The molecule has 1 saturated carbocycles. The highest BCUT2D eigenvalue weighted by molar-refractivity contribution is 6.08. The van der Waals surface area contributed by atoms with Gasteiger partial charge in [-0.05, 0) is 98.5 Å². The Hall–Kier alpha value is -7.29. The molecule has 7 heterocycles. The summed E-state index contributed by atoms with van der Waals surface area (Å²) in [6, 6.07) is 21.2. The van der Waals surface area contributed by atoms with Gasteiger partial charge in [0.1, 0.15) is 29.7 Å². The molecule has 10 rings (SSSR count). The zero-order valence-corrected chi connectivity index (χ0v) is 35.8. The van der Waals surface area contributed by atoms with E-state index in [9.17, 15) is 19.6 Å². The van der Waals surface area contributed by atoms with E-state index in [1.165, 1.54) is 10.3 Å². The maximum atomic E-state index is 13.1. The molecule has 64 heavy (non-hydrogen) atoms. The number of amides is 3. The molecule has 0 spiro atoms. The van der Waals surface area contributed by atoms with Crippen LogP contribution in [-0.2, 0) is 27.9 Å². The van der Waals surface area contributed by atoms with Crippen molar-refractivity contribution in [2.24, 2.45) is 7.05 Å². The van der Waals surface area contributed by atoms with Gasteiger partial charge in [-0.3, -0.25) is 24.7 Å². The van der Waals surface area contributed by atoms with Gasteiger partial charge in [0, 0.05) is 104 Å². The average molecular weight is 855 g/mol. The van der Waals surface area contributed by atoms with Crippen molar-refractivity contribution in [3.63, 3.8) is 0 Å². The first kappa shape index (κ1) is 40.8. The number of pyridine rings is 3. The van der Waals surface area contributed by atoms with Gasteiger partial charge < -0.3 is 28.6 Å². The molecule has 3 aliphatic heterocycles. The summed E-state index contributed by atoms with van der Waals surface area (Å²) in [5.41, 5.74) is 6.57. The van der Waals surface area contributed by atoms with E-state index in [0.717, 1.165) is 77.6 Å². The molecule has 1 N–H and O–H groups in total. The number of carbonyl (C=O) groups excluding carboxylic acids is 3. The highest BCUT2D eigenvalue weighted by Crippen LogP contribution is 2.35. The zero-order valence-electron chi connectivity index (χ0n) is 35.8. The Kier molecular flexibility index (Phi) is 10.5. The number of carbonyl (C=O) groups is 3. The summed E-state index contributed by atoms with van der Waals surface area (Å²) in [7, 11) is 2.08. The molecule has 0 bridgehead atoms. The van der Waals surface area contributed by atoms with Crippen molar-refractivity contribution in [1.82, 2.24) is 29.7 Å². The van der Waals surface area contributed by atoms with Gasteiger partial charge >= 0.3 is 0 Å². The maximum absolute atomic E-state index is 13.1. The van der Waals surface area contributed by atoms with Crippen LogP contribution >= 0.6 is 0 Å². The minimum Gasteiger partial charge on any atom is -0.475 e. The van der Waals surface area contributed by atoms with Crippen molar-refractivity contribution >= 4 is 45.2 Å². The fraction of sp³-hybridized carbons (Fsp3) is 0.340. The monoisotopic (exact) mass is 854 g/mol. The van der Waals surface area contributed by atoms with Gasteiger partial charge in [0.2, 0.25) is 17.7 Å². The smallest absolute Gasteiger partial charge is 0.255 e. The van der Waals surface area contributed by atoms with Gasteiger partial charge in [0.05, 0.1) is 29.0 Å². The molecule has 0 radical (unpaired) electrons. The second-order valence-corrected chi connectivity index (χ2v) is 17.5. The van der Waals surface area contributed by atoms with Crippen molar-refractivity contribution < 1.29 is 28.6 Å². The molecule has 14 heteroatoms. The number of benzene rings is 2.